The predicted octanol–water partition coefficient (Wildman–Crippen LogP) is 11.8. The van der Waals surface area contributed by atoms with Gasteiger partial charge in [-0.05, 0) is 80.9 Å². The van der Waals surface area contributed by atoms with Crippen molar-refractivity contribution in [3.8, 4) is 67.5 Å². The minimum Gasteiger partial charge on any atom is -0.455 e. The predicted molar refractivity (Wildman–Crippen MR) is 210 cm³/mol. The van der Waals surface area contributed by atoms with Gasteiger partial charge in [0.25, 0.3) is 0 Å². The smallest absolute Gasteiger partial charge is 0.167 e. The lowest BCUT2D eigenvalue weighted by Crippen LogP contribution is -2.15. The first-order valence-corrected chi connectivity index (χ1v) is 17.5. The molecule has 6 aromatic carbocycles. The molecule has 0 saturated heterocycles. The van der Waals surface area contributed by atoms with Crippen molar-refractivity contribution in [2.24, 2.45) is 0 Å². The fraction of sp³-hybridized carbons (Fsp3) is 0.0638. The normalized spacial score (nSPS) is 13.0. The minimum absolute atomic E-state index is 0.151. The molecule has 1 aliphatic carbocycles. The lowest BCUT2D eigenvalue weighted by Gasteiger charge is -2.21. The maximum absolute atomic E-state index is 6.61. The van der Waals surface area contributed by atoms with Crippen molar-refractivity contribution in [1.29, 1.82) is 0 Å². The molecule has 0 unspecified atom stereocenters. The summed E-state index contributed by atoms with van der Waals surface area (Å²) >= 11 is 0. The molecule has 0 spiro atoms. The SMILES string of the molecule is CC1(C)c2ccccc2-c2ccc(-c3nc(-c4ccccc4)nc(-c4cc(-c5ccc(-c6ccncc6)cc5)cc5c4oc4ccccc45)n3)cc21. The molecule has 0 atom stereocenters. The summed E-state index contributed by atoms with van der Waals surface area (Å²) < 4.78 is 6.61. The molecule has 246 valence electrons. The van der Waals surface area contributed by atoms with Crippen LogP contribution in [0.5, 0.6) is 0 Å². The molecule has 0 saturated carbocycles. The number of aromatic nitrogens is 4. The van der Waals surface area contributed by atoms with Gasteiger partial charge in [-0.1, -0.05) is 123 Å². The van der Waals surface area contributed by atoms with Crippen LogP contribution in [0, 0.1) is 0 Å². The van der Waals surface area contributed by atoms with Gasteiger partial charge in [0.1, 0.15) is 11.2 Å². The van der Waals surface area contributed by atoms with Crippen molar-refractivity contribution in [3.63, 3.8) is 0 Å². The Bertz CT molecular complexity index is 2800. The summed E-state index contributed by atoms with van der Waals surface area (Å²) in [6, 6.07) is 50.7. The molecule has 0 radical (unpaired) electrons. The maximum Gasteiger partial charge on any atom is 0.167 e. The second-order valence-electron chi connectivity index (χ2n) is 13.9. The van der Waals surface area contributed by atoms with Crippen molar-refractivity contribution in [2.45, 2.75) is 19.3 Å². The van der Waals surface area contributed by atoms with Crippen LogP contribution in [0.2, 0.25) is 0 Å². The molecule has 3 aromatic heterocycles. The highest BCUT2D eigenvalue weighted by atomic mass is 16.3. The van der Waals surface area contributed by atoms with Crippen LogP contribution < -0.4 is 0 Å². The van der Waals surface area contributed by atoms with Crippen molar-refractivity contribution in [3.05, 3.63) is 169 Å². The van der Waals surface area contributed by atoms with E-state index in [-0.39, 0.29) is 5.41 Å². The average Bonchev–Trinajstić information content (AvgIpc) is 3.70. The van der Waals surface area contributed by atoms with Gasteiger partial charge in [-0.25, -0.2) is 15.0 Å². The zero-order valence-corrected chi connectivity index (χ0v) is 28.7. The molecule has 0 fully saturated rings. The van der Waals surface area contributed by atoms with Gasteiger partial charge in [-0.2, -0.15) is 0 Å². The van der Waals surface area contributed by atoms with Crippen LogP contribution in [-0.2, 0) is 5.41 Å². The van der Waals surface area contributed by atoms with Crippen molar-refractivity contribution < 1.29 is 4.42 Å². The molecular formula is C47H32N4O. The molecular weight excluding hydrogens is 637 g/mol. The molecule has 0 N–H and O–H groups in total. The van der Waals surface area contributed by atoms with Crippen LogP contribution in [0.4, 0.5) is 0 Å². The average molecular weight is 669 g/mol. The van der Waals surface area contributed by atoms with Crippen LogP contribution >= 0.6 is 0 Å². The number of fused-ring (bicyclic) bond motifs is 6. The van der Waals surface area contributed by atoms with Gasteiger partial charge >= 0.3 is 0 Å². The highest BCUT2D eigenvalue weighted by molar-refractivity contribution is 6.11. The molecule has 1 aliphatic rings. The summed E-state index contributed by atoms with van der Waals surface area (Å²) in [6.07, 6.45) is 3.64. The Labute approximate surface area is 301 Å². The monoisotopic (exact) mass is 668 g/mol. The first kappa shape index (κ1) is 30.1. The van der Waals surface area contributed by atoms with Gasteiger partial charge in [0.05, 0.1) is 5.56 Å². The fourth-order valence-electron chi connectivity index (χ4n) is 7.74. The Morgan fingerprint density at radius 2 is 1.04 bits per heavy atom. The summed E-state index contributed by atoms with van der Waals surface area (Å²) in [5.74, 6) is 1.79. The Hall–Kier alpha value is -6.72. The lowest BCUT2D eigenvalue weighted by molar-refractivity contribution is 0.660. The zero-order valence-electron chi connectivity index (χ0n) is 28.7. The van der Waals surface area contributed by atoms with Crippen LogP contribution in [0.15, 0.2) is 162 Å². The number of rotatable bonds is 5. The largest absolute Gasteiger partial charge is 0.455 e. The fourth-order valence-corrected chi connectivity index (χ4v) is 7.74. The molecule has 10 rings (SSSR count). The standard InChI is InChI=1S/C47H32N4O/c1-47(2)40-14-8-6-12-35(40)36-21-20-33(28-41(36)47)45-49-44(32-10-4-3-5-11-32)50-46(51-45)39-27-34(26-38-37-13-7-9-15-42(37)52-43(38)39)30-18-16-29(17-19-30)31-22-24-48-25-23-31/h3-28H,1-2H3. The van der Waals surface area contributed by atoms with Gasteiger partial charge in [0, 0.05) is 39.7 Å². The molecule has 0 amide bonds. The summed E-state index contributed by atoms with van der Waals surface area (Å²) in [5.41, 5.74) is 13.7. The third-order valence-electron chi connectivity index (χ3n) is 10.5. The van der Waals surface area contributed by atoms with E-state index in [1.54, 1.807) is 0 Å². The lowest BCUT2D eigenvalue weighted by atomic mass is 9.82. The maximum atomic E-state index is 6.61. The number of furan rings is 1. The van der Waals surface area contributed by atoms with Crippen LogP contribution in [0.25, 0.3) is 89.5 Å². The molecule has 9 aromatic rings. The zero-order chi connectivity index (χ0) is 34.8. The van der Waals surface area contributed by atoms with Crippen LogP contribution in [0.1, 0.15) is 25.0 Å². The number of para-hydroxylation sites is 1. The van der Waals surface area contributed by atoms with E-state index in [0.717, 1.165) is 60.9 Å². The first-order valence-electron chi connectivity index (χ1n) is 17.5. The van der Waals surface area contributed by atoms with Crippen LogP contribution in [-0.4, -0.2) is 19.9 Å². The Morgan fingerprint density at radius 3 is 1.85 bits per heavy atom. The van der Waals surface area contributed by atoms with E-state index in [9.17, 15) is 0 Å². The van der Waals surface area contributed by atoms with E-state index in [1.165, 1.54) is 22.3 Å². The van der Waals surface area contributed by atoms with Gasteiger partial charge in [-0.3, -0.25) is 4.98 Å². The number of nitrogens with zero attached hydrogens (tertiary/aromatic N) is 4. The summed E-state index contributed by atoms with van der Waals surface area (Å²) in [6.45, 7) is 4.59. The summed E-state index contributed by atoms with van der Waals surface area (Å²) in [5, 5.41) is 2.06. The summed E-state index contributed by atoms with van der Waals surface area (Å²) in [7, 11) is 0. The van der Waals surface area contributed by atoms with E-state index < -0.39 is 0 Å². The van der Waals surface area contributed by atoms with E-state index in [4.69, 9.17) is 19.4 Å². The number of hydrogen-bond donors (Lipinski definition) is 0. The quantitative estimate of drug-likeness (QED) is 0.183. The van der Waals surface area contributed by atoms with Gasteiger partial charge in [0.2, 0.25) is 0 Å². The highest BCUT2D eigenvalue weighted by Gasteiger charge is 2.35. The molecule has 5 nitrogen and oxygen atoms in total. The Kier molecular flexibility index (Phi) is 6.77. The number of hydrogen-bond acceptors (Lipinski definition) is 5. The first-order chi connectivity index (χ1) is 25.5. The Morgan fingerprint density at radius 1 is 0.423 bits per heavy atom. The molecule has 52 heavy (non-hydrogen) atoms. The van der Waals surface area contributed by atoms with Crippen molar-refractivity contribution in [2.75, 3.05) is 0 Å². The van der Waals surface area contributed by atoms with Crippen molar-refractivity contribution >= 4 is 21.9 Å². The third-order valence-corrected chi connectivity index (χ3v) is 10.5. The van der Waals surface area contributed by atoms with E-state index in [0.29, 0.717) is 17.5 Å². The number of benzene rings is 6. The van der Waals surface area contributed by atoms with E-state index in [2.05, 4.69) is 110 Å². The van der Waals surface area contributed by atoms with Gasteiger partial charge in [0.15, 0.2) is 17.5 Å². The number of pyridine rings is 1. The van der Waals surface area contributed by atoms with E-state index in [1.807, 2.05) is 67.0 Å². The molecule has 0 aliphatic heterocycles. The summed E-state index contributed by atoms with van der Waals surface area (Å²) in [4.78, 5) is 19.7. The molecule has 0 bridgehead atoms. The molecule has 5 heteroatoms. The molecule has 3 heterocycles. The minimum atomic E-state index is -0.151. The second kappa shape index (κ2) is 11.7. The third kappa shape index (κ3) is 4.85. The Balaban J connectivity index is 1.18. The van der Waals surface area contributed by atoms with Crippen molar-refractivity contribution in [1.82, 2.24) is 19.9 Å². The van der Waals surface area contributed by atoms with Gasteiger partial charge in [-0.15, -0.1) is 0 Å². The highest BCUT2D eigenvalue weighted by Crippen LogP contribution is 2.49. The second-order valence-corrected chi connectivity index (χ2v) is 13.9. The van der Waals surface area contributed by atoms with Gasteiger partial charge < -0.3 is 4.42 Å². The topological polar surface area (TPSA) is 64.7 Å². The van der Waals surface area contributed by atoms with Crippen LogP contribution in [0.3, 0.4) is 0 Å². The van der Waals surface area contributed by atoms with E-state index >= 15 is 0 Å².